The SMILES string of the molecule is CCOC(=O)CC(NC(=O)CN1C(=O)NC(C)(c2ccc(C(=N)N)cc2)C1=O)c1ccccc1. The number of nitrogens with zero attached hydrogens (tertiary/aromatic N) is 1. The number of rotatable bonds is 9. The van der Waals surface area contributed by atoms with Crippen LogP contribution in [0.5, 0.6) is 0 Å². The molecule has 1 saturated heterocycles. The first-order valence-corrected chi connectivity index (χ1v) is 10.7. The minimum absolute atomic E-state index is 0.0933. The highest BCUT2D eigenvalue weighted by Crippen LogP contribution is 2.29. The molecule has 2 atom stereocenters. The number of benzene rings is 2. The molecule has 0 saturated carbocycles. The monoisotopic (exact) mass is 465 g/mol. The number of imide groups is 1. The van der Waals surface area contributed by atoms with Gasteiger partial charge in [0.25, 0.3) is 5.91 Å². The number of amidine groups is 1. The number of amides is 4. The Bertz CT molecular complexity index is 1100. The third-order valence-electron chi connectivity index (χ3n) is 5.56. The van der Waals surface area contributed by atoms with Crippen LogP contribution in [0.1, 0.15) is 43.0 Å². The van der Waals surface area contributed by atoms with Crippen LogP contribution in [0.2, 0.25) is 0 Å². The van der Waals surface area contributed by atoms with Crippen molar-refractivity contribution >= 4 is 29.7 Å². The Hall–Kier alpha value is -4.21. The molecule has 5 N–H and O–H groups in total. The molecule has 0 aromatic heterocycles. The van der Waals surface area contributed by atoms with Gasteiger partial charge >= 0.3 is 12.0 Å². The fourth-order valence-electron chi connectivity index (χ4n) is 3.73. The van der Waals surface area contributed by atoms with Crippen LogP contribution in [0.15, 0.2) is 54.6 Å². The Labute approximate surface area is 197 Å². The first kappa shape index (κ1) is 24.4. The first-order chi connectivity index (χ1) is 16.2. The molecule has 34 heavy (non-hydrogen) atoms. The van der Waals surface area contributed by atoms with Gasteiger partial charge in [-0.3, -0.25) is 24.7 Å². The van der Waals surface area contributed by atoms with E-state index in [1.807, 2.05) is 6.07 Å². The average Bonchev–Trinajstić information content (AvgIpc) is 3.03. The van der Waals surface area contributed by atoms with Crippen LogP contribution in [0.25, 0.3) is 0 Å². The fourth-order valence-corrected chi connectivity index (χ4v) is 3.73. The average molecular weight is 466 g/mol. The summed E-state index contributed by atoms with van der Waals surface area (Å²) in [5.41, 5.74) is 5.75. The predicted molar refractivity (Wildman–Crippen MR) is 124 cm³/mol. The zero-order chi connectivity index (χ0) is 24.9. The third-order valence-corrected chi connectivity index (χ3v) is 5.56. The second kappa shape index (κ2) is 10.2. The summed E-state index contributed by atoms with van der Waals surface area (Å²) in [5.74, 6) is -1.79. The van der Waals surface area contributed by atoms with Crippen LogP contribution in [0, 0.1) is 5.41 Å². The van der Waals surface area contributed by atoms with Crippen LogP contribution in [0.3, 0.4) is 0 Å². The number of hydrogen-bond donors (Lipinski definition) is 4. The highest BCUT2D eigenvalue weighted by Gasteiger charge is 2.49. The standard InChI is InChI=1S/C24H27N5O5/c1-3-34-20(31)13-18(15-7-5-4-6-8-15)27-19(30)14-29-22(32)24(2,28-23(29)33)17-11-9-16(10-12-17)21(25)26/h4-12,18H,3,13-14H2,1-2H3,(H3,25,26)(H,27,30)(H,28,33). The van der Waals surface area contributed by atoms with Crippen LogP contribution in [-0.2, 0) is 24.7 Å². The normalized spacial score (nSPS) is 18.2. The van der Waals surface area contributed by atoms with Gasteiger partial charge in [0, 0.05) is 5.56 Å². The molecule has 1 fully saturated rings. The van der Waals surface area contributed by atoms with E-state index in [1.54, 1.807) is 62.4 Å². The third kappa shape index (κ3) is 5.22. The number of nitrogen functional groups attached to an aromatic ring is 1. The number of esters is 1. The molecular formula is C24H27N5O5. The minimum atomic E-state index is -1.38. The number of urea groups is 1. The van der Waals surface area contributed by atoms with Crippen LogP contribution < -0.4 is 16.4 Å². The van der Waals surface area contributed by atoms with E-state index in [9.17, 15) is 19.2 Å². The van der Waals surface area contributed by atoms with Gasteiger partial charge in [0.15, 0.2) is 0 Å². The Morgan fingerprint density at radius 2 is 1.79 bits per heavy atom. The van der Waals surface area contributed by atoms with E-state index >= 15 is 0 Å². The molecule has 2 unspecified atom stereocenters. The summed E-state index contributed by atoms with van der Waals surface area (Å²) in [5, 5.41) is 12.8. The molecule has 2 aromatic carbocycles. The molecule has 0 spiro atoms. The highest BCUT2D eigenvalue weighted by atomic mass is 16.5. The summed E-state index contributed by atoms with van der Waals surface area (Å²) in [7, 11) is 0. The van der Waals surface area contributed by atoms with Gasteiger partial charge in [0.1, 0.15) is 17.9 Å². The number of hydrogen-bond acceptors (Lipinski definition) is 6. The Morgan fingerprint density at radius 1 is 1.15 bits per heavy atom. The maximum Gasteiger partial charge on any atom is 0.325 e. The van der Waals surface area contributed by atoms with Crippen LogP contribution in [-0.4, -0.2) is 47.7 Å². The molecule has 0 bridgehead atoms. The number of ether oxygens (including phenoxy) is 1. The quantitative estimate of drug-likeness (QED) is 0.191. The molecule has 3 rings (SSSR count). The molecule has 10 nitrogen and oxygen atoms in total. The van der Waals surface area contributed by atoms with E-state index in [1.165, 1.54) is 0 Å². The number of nitrogens with two attached hydrogens (primary N) is 1. The molecule has 2 aromatic rings. The van der Waals surface area contributed by atoms with Crippen molar-refractivity contribution in [2.45, 2.75) is 31.8 Å². The zero-order valence-corrected chi connectivity index (χ0v) is 19.0. The van der Waals surface area contributed by atoms with Gasteiger partial charge in [-0.25, -0.2) is 4.79 Å². The summed E-state index contributed by atoms with van der Waals surface area (Å²) in [6, 6.07) is 13.9. The van der Waals surface area contributed by atoms with Crippen molar-refractivity contribution in [2.24, 2.45) is 5.73 Å². The van der Waals surface area contributed by atoms with Crippen LogP contribution in [0.4, 0.5) is 4.79 Å². The maximum atomic E-state index is 13.1. The van der Waals surface area contributed by atoms with Gasteiger partial charge in [0.2, 0.25) is 5.91 Å². The lowest BCUT2D eigenvalue weighted by Gasteiger charge is -2.23. The van der Waals surface area contributed by atoms with Gasteiger partial charge in [-0.2, -0.15) is 0 Å². The smallest absolute Gasteiger partial charge is 0.325 e. The number of carbonyl (C=O) groups is 4. The van der Waals surface area contributed by atoms with E-state index in [4.69, 9.17) is 15.9 Å². The number of carbonyl (C=O) groups excluding carboxylic acids is 4. The summed E-state index contributed by atoms with van der Waals surface area (Å²) in [6.07, 6.45) is -0.0933. The van der Waals surface area contributed by atoms with Crippen LogP contribution >= 0.6 is 0 Å². The molecule has 1 aliphatic heterocycles. The largest absolute Gasteiger partial charge is 0.466 e. The Morgan fingerprint density at radius 3 is 2.38 bits per heavy atom. The van der Waals surface area contributed by atoms with Gasteiger partial charge in [0.05, 0.1) is 19.1 Å². The fraction of sp³-hybridized carbons (Fsp3) is 0.292. The van der Waals surface area contributed by atoms with E-state index in [2.05, 4.69) is 10.6 Å². The minimum Gasteiger partial charge on any atom is -0.466 e. The second-order valence-electron chi connectivity index (χ2n) is 7.98. The van der Waals surface area contributed by atoms with Crippen molar-refractivity contribution in [3.63, 3.8) is 0 Å². The molecule has 178 valence electrons. The maximum absolute atomic E-state index is 13.1. The molecule has 1 heterocycles. The lowest BCUT2D eigenvalue weighted by atomic mass is 9.91. The lowest BCUT2D eigenvalue weighted by molar-refractivity contribution is -0.144. The van der Waals surface area contributed by atoms with Crippen molar-refractivity contribution in [3.8, 4) is 0 Å². The highest BCUT2D eigenvalue weighted by molar-refractivity contribution is 6.09. The van der Waals surface area contributed by atoms with Crippen molar-refractivity contribution < 1.29 is 23.9 Å². The van der Waals surface area contributed by atoms with Gasteiger partial charge in [-0.05, 0) is 25.0 Å². The molecule has 1 aliphatic rings. The van der Waals surface area contributed by atoms with Gasteiger partial charge < -0.3 is 21.1 Å². The Balaban J connectivity index is 1.74. The summed E-state index contributed by atoms with van der Waals surface area (Å²) < 4.78 is 5.00. The van der Waals surface area contributed by atoms with Gasteiger partial charge in [-0.15, -0.1) is 0 Å². The molecule has 0 radical (unpaired) electrons. The molecule has 4 amide bonds. The van der Waals surface area contributed by atoms with Crippen molar-refractivity contribution in [1.29, 1.82) is 5.41 Å². The van der Waals surface area contributed by atoms with Crippen molar-refractivity contribution in [3.05, 3.63) is 71.3 Å². The zero-order valence-electron chi connectivity index (χ0n) is 19.0. The predicted octanol–water partition coefficient (Wildman–Crippen LogP) is 1.55. The Kier molecular flexibility index (Phi) is 7.30. The summed E-state index contributed by atoms with van der Waals surface area (Å²) in [4.78, 5) is 51.4. The molecule has 10 heteroatoms. The van der Waals surface area contributed by atoms with E-state index in [0.29, 0.717) is 16.7 Å². The first-order valence-electron chi connectivity index (χ1n) is 10.7. The summed E-state index contributed by atoms with van der Waals surface area (Å²) >= 11 is 0. The molecular weight excluding hydrogens is 438 g/mol. The molecule has 0 aliphatic carbocycles. The van der Waals surface area contributed by atoms with E-state index < -0.39 is 41.9 Å². The number of nitrogens with one attached hydrogen (secondary N) is 3. The van der Waals surface area contributed by atoms with Crippen molar-refractivity contribution in [2.75, 3.05) is 13.2 Å². The summed E-state index contributed by atoms with van der Waals surface area (Å²) in [6.45, 7) is 2.93. The lowest BCUT2D eigenvalue weighted by Crippen LogP contribution is -2.44. The van der Waals surface area contributed by atoms with E-state index in [0.717, 1.165) is 4.90 Å². The van der Waals surface area contributed by atoms with Gasteiger partial charge in [-0.1, -0.05) is 54.6 Å². The van der Waals surface area contributed by atoms with Crippen molar-refractivity contribution in [1.82, 2.24) is 15.5 Å². The second-order valence-corrected chi connectivity index (χ2v) is 7.98. The van der Waals surface area contributed by atoms with E-state index in [-0.39, 0.29) is 18.9 Å². The topological polar surface area (TPSA) is 155 Å².